The number of ether oxygens (including phenoxy) is 1. The Morgan fingerprint density at radius 2 is 2.32 bits per heavy atom. The molecule has 4 heteroatoms. The first kappa shape index (κ1) is 14.3. The van der Waals surface area contributed by atoms with Crippen LogP contribution in [0.4, 0.5) is 10.1 Å². The van der Waals surface area contributed by atoms with E-state index < -0.39 is 0 Å². The van der Waals surface area contributed by atoms with Gasteiger partial charge in [0.15, 0.2) is 0 Å². The van der Waals surface area contributed by atoms with Crippen molar-refractivity contribution in [2.24, 2.45) is 0 Å². The fraction of sp³-hybridized carbons (Fsp3) is 0.600. The molecule has 1 fully saturated rings. The van der Waals surface area contributed by atoms with E-state index in [4.69, 9.17) is 4.74 Å². The summed E-state index contributed by atoms with van der Waals surface area (Å²) < 4.78 is 19.8. The Kier molecular flexibility index (Phi) is 5.16. The molecule has 0 spiro atoms. The van der Waals surface area contributed by atoms with Gasteiger partial charge < -0.3 is 15.0 Å². The van der Waals surface area contributed by atoms with E-state index in [0.29, 0.717) is 12.2 Å². The molecule has 1 saturated heterocycles. The summed E-state index contributed by atoms with van der Waals surface area (Å²) in [5.41, 5.74) is 1.67. The van der Waals surface area contributed by atoms with Crippen LogP contribution in [0.2, 0.25) is 0 Å². The molecule has 1 atom stereocenters. The van der Waals surface area contributed by atoms with Gasteiger partial charge in [-0.15, -0.1) is 0 Å². The second kappa shape index (κ2) is 6.87. The van der Waals surface area contributed by atoms with Crippen LogP contribution in [-0.4, -0.2) is 32.8 Å². The summed E-state index contributed by atoms with van der Waals surface area (Å²) in [6.07, 6.45) is 2.36. The number of hydrogen-bond donors (Lipinski definition) is 1. The highest BCUT2D eigenvalue weighted by Gasteiger charge is 2.22. The molecule has 1 aromatic carbocycles. The molecule has 0 bridgehead atoms. The second-order valence-corrected chi connectivity index (χ2v) is 4.98. The molecule has 0 aliphatic carbocycles. The lowest BCUT2D eigenvalue weighted by molar-refractivity contribution is 0.0525. The molecule has 1 aliphatic rings. The Bertz CT molecular complexity index is 409. The molecule has 0 aromatic heterocycles. The predicted molar refractivity (Wildman–Crippen MR) is 76.0 cm³/mol. The van der Waals surface area contributed by atoms with Gasteiger partial charge in [-0.2, -0.15) is 0 Å². The van der Waals surface area contributed by atoms with Crippen LogP contribution in [0.25, 0.3) is 0 Å². The van der Waals surface area contributed by atoms with Crippen molar-refractivity contribution in [2.75, 3.05) is 31.6 Å². The summed E-state index contributed by atoms with van der Waals surface area (Å²) in [5.74, 6) is -0.134. The maximum Gasteiger partial charge on any atom is 0.146 e. The highest BCUT2D eigenvalue weighted by atomic mass is 19.1. The van der Waals surface area contributed by atoms with Gasteiger partial charge in [0.25, 0.3) is 0 Å². The lowest BCUT2D eigenvalue weighted by Crippen LogP contribution is -2.40. The van der Waals surface area contributed by atoms with Gasteiger partial charge in [-0.3, -0.25) is 0 Å². The Hall–Kier alpha value is -1.13. The highest BCUT2D eigenvalue weighted by molar-refractivity contribution is 5.49. The lowest BCUT2D eigenvalue weighted by atomic mass is 10.1. The first-order chi connectivity index (χ1) is 9.24. The van der Waals surface area contributed by atoms with E-state index in [1.807, 2.05) is 26.1 Å². The minimum absolute atomic E-state index is 0.134. The van der Waals surface area contributed by atoms with Crippen LogP contribution in [0, 0.1) is 5.82 Å². The van der Waals surface area contributed by atoms with Crippen molar-refractivity contribution in [2.45, 2.75) is 32.4 Å². The molecular formula is C15H23FN2O. The quantitative estimate of drug-likeness (QED) is 0.886. The van der Waals surface area contributed by atoms with Crippen molar-refractivity contribution >= 4 is 5.69 Å². The highest BCUT2D eigenvalue weighted by Crippen LogP contribution is 2.25. The average Bonchev–Trinajstić information content (AvgIpc) is 2.40. The SMILES string of the molecule is CCOC1CCCN(c2ccc(CNC)cc2F)C1. The zero-order chi connectivity index (χ0) is 13.7. The van der Waals surface area contributed by atoms with Crippen LogP contribution >= 0.6 is 0 Å². The smallest absolute Gasteiger partial charge is 0.146 e. The van der Waals surface area contributed by atoms with Crippen LogP contribution in [0.3, 0.4) is 0 Å². The van der Waals surface area contributed by atoms with E-state index in [1.54, 1.807) is 6.07 Å². The van der Waals surface area contributed by atoms with Crippen LogP contribution in [-0.2, 0) is 11.3 Å². The molecule has 1 aromatic rings. The standard InChI is InChI=1S/C15H23FN2O/c1-3-19-13-5-4-8-18(11-13)15-7-6-12(10-17-2)9-14(15)16/h6-7,9,13,17H,3-5,8,10-11H2,1-2H3. The van der Waals surface area contributed by atoms with Gasteiger partial charge in [-0.1, -0.05) is 6.07 Å². The van der Waals surface area contributed by atoms with Crippen molar-refractivity contribution in [3.05, 3.63) is 29.6 Å². The number of hydrogen-bond acceptors (Lipinski definition) is 3. The molecule has 1 aliphatic heterocycles. The number of halogens is 1. The van der Waals surface area contributed by atoms with E-state index in [2.05, 4.69) is 10.2 Å². The van der Waals surface area contributed by atoms with E-state index >= 15 is 0 Å². The molecule has 3 nitrogen and oxygen atoms in total. The Morgan fingerprint density at radius 3 is 3.00 bits per heavy atom. The van der Waals surface area contributed by atoms with Gasteiger partial charge in [-0.25, -0.2) is 4.39 Å². The minimum Gasteiger partial charge on any atom is -0.377 e. The van der Waals surface area contributed by atoms with Crippen molar-refractivity contribution in [3.8, 4) is 0 Å². The van der Waals surface area contributed by atoms with Crippen LogP contribution in [0.15, 0.2) is 18.2 Å². The zero-order valence-corrected chi connectivity index (χ0v) is 11.8. The Morgan fingerprint density at radius 1 is 1.47 bits per heavy atom. The molecule has 0 saturated carbocycles. The number of nitrogens with zero attached hydrogens (tertiary/aromatic N) is 1. The Labute approximate surface area is 114 Å². The number of rotatable bonds is 5. The predicted octanol–water partition coefficient (Wildman–Crippen LogP) is 2.55. The summed E-state index contributed by atoms with van der Waals surface area (Å²) in [5, 5.41) is 3.03. The number of nitrogens with one attached hydrogen (secondary N) is 1. The van der Waals surface area contributed by atoms with E-state index in [9.17, 15) is 4.39 Å². The van der Waals surface area contributed by atoms with Crippen molar-refractivity contribution in [1.29, 1.82) is 0 Å². The summed E-state index contributed by atoms with van der Waals surface area (Å²) in [6.45, 7) is 5.12. The summed E-state index contributed by atoms with van der Waals surface area (Å²) >= 11 is 0. The fourth-order valence-electron chi connectivity index (χ4n) is 2.65. The monoisotopic (exact) mass is 266 g/mol. The number of anilines is 1. The van der Waals surface area contributed by atoms with Crippen molar-refractivity contribution in [3.63, 3.8) is 0 Å². The van der Waals surface area contributed by atoms with Gasteiger partial charge >= 0.3 is 0 Å². The van der Waals surface area contributed by atoms with E-state index in [0.717, 1.165) is 38.1 Å². The van der Waals surface area contributed by atoms with Crippen LogP contribution in [0.5, 0.6) is 0 Å². The normalized spacial score (nSPS) is 19.7. The molecular weight excluding hydrogens is 243 g/mol. The number of piperidine rings is 1. The topological polar surface area (TPSA) is 24.5 Å². The van der Waals surface area contributed by atoms with Crippen molar-refractivity contribution in [1.82, 2.24) is 5.32 Å². The second-order valence-electron chi connectivity index (χ2n) is 4.98. The third-order valence-electron chi connectivity index (χ3n) is 3.51. The summed E-state index contributed by atoms with van der Waals surface area (Å²) in [4.78, 5) is 2.10. The molecule has 19 heavy (non-hydrogen) atoms. The van der Waals surface area contributed by atoms with Gasteiger partial charge in [0, 0.05) is 26.2 Å². The van der Waals surface area contributed by atoms with Gasteiger partial charge in [-0.05, 0) is 44.5 Å². The van der Waals surface area contributed by atoms with Crippen LogP contribution < -0.4 is 10.2 Å². The van der Waals surface area contributed by atoms with Gasteiger partial charge in [0.2, 0.25) is 0 Å². The fourth-order valence-corrected chi connectivity index (χ4v) is 2.65. The number of benzene rings is 1. The maximum absolute atomic E-state index is 14.2. The largest absolute Gasteiger partial charge is 0.377 e. The third kappa shape index (κ3) is 3.67. The van der Waals surface area contributed by atoms with Crippen LogP contribution in [0.1, 0.15) is 25.3 Å². The van der Waals surface area contributed by atoms with Gasteiger partial charge in [0.1, 0.15) is 5.82 Å². The maximum atomic E-state index is 14.2. The molecule has 0 amide bonds. The molecule has 2 rings (SSSR count). The molecule has 106 valence electrons. The summed E-state index contributed by atoms with van der Waals surface area (Å²) in [7, 11) is 1.86. The Balaban J connectivity index is 2.08. The molecule has 0 radical (unpaired) electrons. The molecule has 1 N–H and O–H groups in total. The average molecular weight is 266 g/mol. The summed E-state index contributed by atoms with van der Waals surface area (Å²) in [6, 6.07) is 5.49. The third-order valence-corrected chi connectivity index (χ3v) is 3.51. The first-order valence-electron chi connectivity index (χ1n) is 7.04. The molecule has 1 heterocycles. The minimum atomic E-state index is -0.134. The van der Waals surface area contributed by atoms with Gasteiger partial charge in [0.05, 0.1) is 11.8 Å². The van der Waals surface area contributed by atoms with Crippen molar-refractivity contribution < 1.29 is 9.13 Å². The van der Waals surface area contributed by atoms with E-state index in [1.165, 1.54) is 0 Å². The molecule has 1 unspecified atom stereocenters. The van der Waals surface area contributed by atoms with E-state index in [-0.39, 0.29) is 11.9 Å². The first-order valence-corrected chi connectivity index (χ1v) is 7.04. The zero-order valence-electron chi connectivity index (χ0n) is 11.8. The lowest BCUT2D eigenvalue weighted by Gasteiger charge is -2.34.